The number of likely N-dealkylation sites (tertiary alicyclic amines) is 1. The van der Waals surface area contributed by atoms with Crippen LogP contribution in [0.1, 0.15) is 68.1 Å². The van der Waals surface area contributed by atoms with Gasteiger partial charge in [-0.2, -0.15) is 0 Å². The minimum Gasteiger partial charge on any atom is -0.508 e. The lowest BCUT2D eigenvalue weighted by Crippen LogP contribution is -2.51. The fraction of sp³-hybridized carbons (Fsp3) is 0.524. The second-order valence-corrected chi connectivity index (χ2v) is 16.2. The first-order chi connectivity index (χ1) is 24.9. The van der Waals surface area contributed by atoms with Crippen molar-refractivity contribution in [1.82, 2.24) is 24.9 Å². The molecule has 3 aromatic carbocycles. The van der Waals surface area contributed by atoms with Crippen molar-refractivity contribution in [1.29, 1.82) is 0 Å². The first-order valence-electron chi connectivity index (χ1n) is 19.3. The molecule has 0 aromatic heterocycles. The Morgan fingerprint density at radius 1 is 0.667 bits per heavy atom. The van der Waals surface area contributed by atoms with E-state index < -0.39 is 0 Å². The summed E-state index contributed by atoms with van der Waals surface area (Å²) in [7, 11) is 0. The summed E-state index contributed by atoms with van der Waals surface area (Å²) in [6, 6.07) is 27.7. The summed E-state index contributed by atoms with van der Waals surface area (Å²) < 4.78 is 0. The first-order valence-corrected chi connectivity index (χ1v) is 20.2. The summed E-state index contributed by atoms with van der Waals surface area (Å²) in [6.45, 7) is 5.82. The van der Waals surface area contributed by atoms with Gasteiger partial charge in [-0.15, -0.1) is 0 Å². The third-order valence-corrected chi connectivity index (χ3v) is 12.7. The molecule has 0 radical (unpaired) electrons. The average Bonchev–Trinajstić information content (AvgIpc) is 3.73. The Morgan fingerprint density at radius 2 is 1.31 bits per heavy atom. The molecule has 51 heavy (non-hydrogen) atoms. The first kappa shape index (κ1) is 36.0. The highest BCUT2D eigenvalue weighted by Crippen LogP contribution is 2.31. The Hall–Kier alpha value is -3.40. The van der Waals surface area contributed by atoms with Crippen LogP contribution >= 0.6 is 24.4 Å². The summed E-state index contributed by atoms with van der Waals surface area (Å²) in [4.78, 5) is 10.4. The molecular formula is C42H55N5O2S2. The summed E-state index contributed by atoms with van der Waals surface area (Å²) in [5, 5.41) is 25.2. The summed E-state index contributed by atoms with van der Waals surface area (Å²) in [5.41, 5.74) is 3.83. The molecular weight excluding hydrogens is 671 g/mol. The van der Waals surface area contributed by atoms with E-state index in [0.717, 1.165) is 68.8 Å². The number of rotatable bonds is 13. The number of nitrogens with zero attached hydrogens (tertiary/aromatic N) is 4. The van der Waals surface area contributed by atoms with E-state index in [0.29, 0.717) is 35.5 Å². The Bertz CT molecular complexity index is 1580. The Kier molecular flexibility index (Phi) is 12.0. The monoisotopic (exact) mass is 725 g/mol. The number of phenolic OH excluding ortho intramolecular Hbond substituents is 2. The largest absolute Gasteiger partial charge is 0.508 e. The van der Waals surface area contributed by atoms with Gasteiger partial charge >= 0.3 is 0 Å². The van der Waals surface area contributed by atoms with E-state index >= 15 is 0 Å². The van der Waals surface area contributed by atoms with Crippen molar-refractivity contribution in [3.05, 3.63) is 95.6 Å². The molecule has 0 unspecified atom stereocenters. The summed E-state index contributed by atoms with van der Waals surface area (Å²) in [5.74, 6) is 1.31. The van der Waals surface area contributed by atoms with Crippen molar-refractivity contribution < 1.29 is 10.2 Å². The molecule has 272 valence electrons. The van der Waals surface area contributed by atoms with Crippen LogP contribution < -0.4 is 5.32 Å². The van der Waals surface area contributed by atoms with Crippen molar-refractivity contribution in [3.8, 4) is 11.5 Å². The number of hydrogen-bond donors (Lipinski definition) is 3. The minimum atomic E-state index is 0.262. The summed E-state index contributed by atoms with van der Waals surface area (Å²) in [6.07, 6.45) is 13.1. The highest BCUT2D eigenvalue weighted by Gasteiger charge is 2.41. The van der Waals surface area contributed by atoms with E-state index in [2.05, 4.69) is 67.4 Å². The van der Waals surface area contributed by atoms with E-state index in [4.69, 9.17) is 24.4 Å². The SMILES string of the molecule is Oc1ccc(C[C@H]2CNC(=S)N2C[C@H]2CCCN2C[C@H](Cc2ccccc2)N2C[C@H](Cc3ccc(O)cc3)N(CC3CCCCCC3)C2=S)cc1. The van der Waals surface area contributed by atoms with Gasteiger partial charge in [0.1, 0.15) is 11.5 Å². The zero-order valence-corrected chi connectivity index (χ0v) is 31.5. The molecule has 1 aliphatic carbocycles. The summed E-state index contributed by atoms with van der Waals surface area (Å²) >= 11 is 12.4. The zero-order valence-electron chi connectivity index (χ0n) is 29.9. The van der Waals surface area contributed by atoms with Crippen molar-refractivity contribution in [2.24, 2.45) is 5.92 Å². The quantitative estimate of drug-likeness (QED) is 0.131. The van der Waals surface area contributed by atoms with Gasteiger partial charge in [-0.05, 0) is 123 Å². The number of benzene rings is 3. The minimum absolute atomic E-state index is 0.262. The lowest BCUT2D eigenvalue weighted by Gasteiger charge is -2.37. The average molecular weight is 726 g/mol. The number of nitrogens with one attached hydrogen (secondary N) is 1. The van der Waals surface area contributed by atoms with Gasteiger partial charge in [0.2, 0.25) is 0 Å². The third kappa shape index (κ3) is 9.16. The lowest BCUT2D eigenvalue weighted by atomic mass is 9.98. The lowest BCUT2D eigenvalue weighted by molar-refractivity contribution is 0.159. The van der Waals surface area contributed by atoms with Gasteiger partial charge in [0, 0.05) is 44.8 Å². The van der Waals surface area contributed by atoms with Crippen LogP contribution in [0.5, 0.6) is 11.5 Å². The molecule has 4 fully saturated rings. The van der Waals surface area contributed by atoms with Gasteiger partial charge in [0.05, 0.1) is 12.1 Å². The van der Waals surface area contributed by atoms with Gasteiger partial charge in [-0.3, -0.25) is 4.90 Å². The van der Waals surface area contributed by atoms with E-state index in [-0.39, 0.29) is 6.04 Å². The maximum Gasteiger partial charge on any atom is 0.172 e. The fourth-order valence-corrected chi connectivity index (χ4v) is 9.82. The molecule has 3 aromatic rings. The number of hydrogen-bond acceptors (Lipinski definition) is 5. The van der Waals surface area contributed by atoms with Gasteiger partial charge in [0.25, 0.3) is 0 Å². The predicted octanol–water partition coefficient (Wildman–Crippen LogP) is 6.76. The predicted molar refractivity (Wildman–Crippen MR) is 214 cm³/mol. The van der Waals surface area contributed by atoms with Crippen LogP contribution in [-0.4, -0.2) is 103 Å². The number of thiocarbonyl (C=S) groups is 2. The molecule has 3 N–H and O–H groups in total. The Labute approximate surface area is 315 Å². The topological polar surface area (TPSA) is 65.5 Å². The molecule has 0 amide bonds. The molecule has 4 atom stereocenters. The molecule has 3 aliphatic heterocycles. The van der Waals surface area contributed by atoms with Gasteiger partial charge in [0.15, 0.2) is 10.2 Å². The Balaban J connectivity index is 1.10. The van der Waals surface area contributed by atoms with E-state index in [1.54, 1.807) is 12.1 Å². The van der Waals surface area contributed by atoms with Crippen LogP contribution in [0.25, 0.3) is 0 Å². The highest BCUT2D eigenvalue weighted by atomic mass is 32.1. The molecule has 7 rings (SSSR count). The number of aromatic hydroxyl groups is 2. The molecule has 1 saturated carbocycles. The molecule has 4 aliphatic rings. The van der Waals surface area contributed by atoms with Crippen LogP contribution in [0.3, 0.4) is 0 Å². The molecule has 0 bridgehead atoms. The van der Waals surface area contributed by atoms with E-state index in [9.17, 15) is 10.2 Å². The molecule has 3 heterocycles. The van der Waals surface area contributed by atoms with E-state index in [1.165, 1.54) is 68.1 Å². The van der Waals surface area contributed by atoms with Crippen LogP contribution in [0.15, 0.2) is 78.9 Å². The Morgan fingerprint density at radius 3 is 1.98 bits per heavy atom. The van der Waals surface area contributed by atoms with Crippen LogP contribution in [0, 0.1) is 5.92 Å². The molecule has 3 saturated heterocycles. The standard InChI is InChI=1S/C42H55N5O2S2/c48-39-18-14-32(15-19-39)23-36-26-43-41(50)45(36)29-35-13-8-22-44(35)28-37(24-31-9-6-3-7-10-31)47-30-38(25-33-16-20-40(49)21-17-33)46(42(47)51)27-34-11-4-1-2-5-12-34/h3,6-7,9-10,14-21,34-38,48-49H,1-2,4-5,8,11-13,22-30H2,(H,43,50)/t35-,36+,37+,38+/m1/s1. The second kappa shape index (κ2) is 17.0. The zero-order chi connectivity index (χ0) is 35.2. The molecule has 7 nitrogen and oxygen atoms in total. The molecule has 9 heteroatoms. The number of phenols is 2. The van der Waals surface area contributed by atoms with Gasteiger partial charge in [-0.1, -0.05) is 80.3 Å². The smallest absolute Gasteiger partial charge is 0.172 e. The highest BCUT2D eigenvalue weighted by molar-refractivity contribution is 7.80. The second-order valence-electron chi connectivity index (χ2n) is 15.5. The van der Waals surface area contributed by atoms with E-state index in [1.807, 2.05) is 24.3 Å². The fourth-order valence-electron chi connectivity index (χ4n) is 9.06. The normalized spacial score (nSPS) is 23.9. The van der Waals surface area contributed by atoms with Crippen LogP contribution in [0.2, 0.25) is 0 Å². The molecule has 0 spiro atoms. The van der Waals surface area contributed by atoms with Crippen molar-refractivity contribution in [2.75, 3.05) is 39.3 Å². The van der Waals surface area contributed by atoms with Crippen molar-refractivity contribution in [3.63, 3.8) is 0 Å². The van der Waals surface area contributed by atoms with Crippen LogP contribution in [-0.2, 0) is 19.3 Å². The third-order valence-electron chi connectivity index (χ3n) is 11.9. The van der Waals surface area contributed by atoms with Crippen LogP contribution in [0.4, 0.5) is 0 Å². The van der Waals surface area contributed by atoms with Gasteiger partial charge in [-0.25, -0.2) is 0 Å². The van der Waals surface area contributed by atoms with Gasteiger partial charge < -0.3 is 30.2 Å². The van der Waals surface area contributed by atoms with Crippen molar-refractivity contribution >= 4 is 34.7 Å². The van der Waals surface area contributed by atoms with Crippen molar-refractivity contribution in [2.45, 2.75) is 94.8 Å². The maximum atomic E-state index is 9.99. The maximum absolute atomic E-state index is 9.99.